The largest absolute Gasteiger partial charge is 0.497 e. The van der Waals surface area contributed by atoms with Crippen LogP contribution >= 0.6 is 0 Å². The molecule has 0 heterocycles. The van der Waals surface area contributed by atoms with E-state index in [1.807, 2.05) is 24.3 Å². The quantitative estimate of drug-likeness (QED) is 0.800. The molecular weight excluding hydrogens is 181 g/mol. The lowest BCUT2D eigenvalue weighted by atomic mass is 10.0. The molecule has 1 aromatic rings. The Labute approximate surface area is 83.9 Å². The van der Waals surface area contributed by atoms with Crippen molar-refractivity contribution in [3.8, 4) is 5.75 Å². The molecule has 2 nitrogen and oxygen atoms in total. The summed E-state index contributed by atoms with van der Waals surface area (Å²) in [6, 6.07) is 6.96. The summed E-state index contributed by atoms with van der Waals surface area (Å²) in [6.07, 6.45) is -0.656. The van der Waals surface area contributed by atoms with Gasteiger partial charge in [0.25, 0.3) is 0 Å². The summed E-state index contributed by atoms with van der Waals surface area (Å²) in [5.41, 5.74) is 6.36. The zero-order valence-electron chi connectivity index (χ0n) is 8.53. The summed E-state index contributed by atoms with van der Waals surface area (Å²) < 4.78 is 18.3. The first-order valence-corrected chi connectivity index (χ1v) is 4.66. The smallest absolute Gasteiger partial charge is 0.119 e. The predicted octanol–water partition coefficient (Wildman–Crippen LogP) is 1.92. The van der Waals surface area contributed by atoms with Gasteiger partial charge in [-0.2, -0.15) is 0 Å². The van der Waals surface area contributed by atoms with Crippen LogP contribution in [-0.2, 0) is 6.42 Å². The van der Waals surface area contributed by atoms with Crippen molar-refractivity contribution in [1.29, 1.82) is 0 Å². The van der Waals surface area contributed by atoms with Gasteiger partial charge in [0, 0.05) is 12.5 Å². The summed E-state index contributed by atoms with van der Waals surface area (Å²) in [6.45, 7) is 1.67. The van der Waals surface area contributed by atoms with Crippen LogP contribution in [0, 0.1) is 0 Å². The van der Waals surface area contributed by atoms with E-state index in [9.17, 15) is 4.39 Å². The van der Waals surface area contributed by atoms with Crippen molar-refractivity contribution in [1.82, 2.24) is 0 Å². The lowest BCUT2D eigenvalue weighted by Gasteiger charge is -2.12. The molecule has 0 aliphatic rings. The number of alkyl halides is 1. The van der Waals surface area contributed by atoms with E-state index in [4.69, 9.17) is 10.5 Å². The Morgan fingerprint density at radius 1 is 1.50 bits per heavy atom. The number of methoxy groups -OCH3 is 1. The minimum atomic E-state index is -0.998. The maximum atomic E-state index is 13.3. The normalized spacial score (nSPS) is 14.9. The van der Waals surface area contributed by atoms with Crippen molar-refractivity contribution in [2.75, 3.05) is 7.11 Å². The zero-order chi connectivity index (χ0) is 10.6. The number of rotatable bonds is 4. The number of halogens is 1. The molecule has 2 N–H and O–H groups in total. The Balaban J connectivity index is 2.66. The van der Waals surface area contributed by atoms with Crippen molar-refractivity contribution in [2.24, 2.45) is 5.73 Å². The fraction of sp³-hybridized carbons (Fsp3) is 0.455. The molecular formula is C11H16FNO. The molecule has 0 bridgehead atoms. The van der Waals surface area contributed by atoms with Gasteiger partial charge in [-0.05, 0) is 24.6 Å². The summed E-state index contributed by atoms with van der Waals surface area (Å²) in [5, 5.41) is 0. The Bertz CT molecular complexity index is 288. The summed E-state index contributed by atoms with van der Waals surface area (Å²) in [4.78, 5) is 0. The van der Waals surface area contributed by atoms with E-state index >= 15 is 0 Å². The van der Waals surface area contributed by atoms with E-state index in [-0.39, 0.29) is 0 Å². The van der Waals surface area contributed by atoms with E-state index in [2.05, 4.69) is 0 Å². The Morgan fingerprint density at radius 3 is 2.79 bits per heavy atom. The molecule has 1 rings (SSSR count). The average molecular weight is 197 g/mol. The molecule has 0 aromatic heterocycles. The molecule has 0 fully saturated rings. The van der Waals surface area contributed by atoms with Gasteiger partial charge >= 0.3 is 0 Å². The van der Waals surface area contributed by atoms with Crippen LogP contribution in [0.1, 0.15) is 12.5 Å². The van der Waals surface area contributed by atoms with Crippen LogP contribution in [0.4, 0.5) is 4.39 Å². The van der Waals surface area contributed by atoms with Gasteiger partial charge in [-0.1, -0.05) is 12.1 Å². The maximum absolute atomic E-state index is 13.3. The molecule has 1 aromatic carbocycles. The molecule has 0 radical (unpaired) electrons. The number of nitrogens with two attached hydrogens (primary N) is 1. The van der Waals surface area contributed by atoms with Crippen molar-refractivity contribution < 1.29 is 9.13 Å². The first kappa shape index (κ1) is 11.0. The molecule has 0 amide bonds. The Kier molecular flexibility index (Phi) is 3.89. The second-order valence-corrected chi connectivity index (χ2v) is 3.43. The molecule has 0 spiro atoms. The number of ether oxygens (including phenoxy) is 1. The molecule has 78 valence electrons. The highest BCUT2D eigenvalue weighted by molar-refractivity contribution is 5.28. The third kappa shape index (κ3) is 3.00. The van der Waals surface area contributed by atoms with Gasteiger partial charge in [0.2, 0.25) is 0 Å². The summed E-state index contributed by atoms with van der Waals surface area (Å²) >= 11 is 0. The Morgan fingerprint density at radius 2 is 2.21 bits per heavy atom. The molecule has 2 unspecified atom stereocenters. The highest BCUT2D eigenvalue weighted by Crippen LogP contribution is 2.15. The van der Waals surface area contributed by atoms with Crippen LogP contribution in [0.25, 0.3) is 0 Å². The van der Waals surface area contributed by atoms with Crippen LogP contribution in [0.5, 0.6) is 5.75 Å². The van der Waals surface area contributed by atoms with Gasteiger partial charge in [-0.3, -0.25) is 0 Å². The first-order valence-electron chi connectivity index (χ1n) is 4.66. The minimum absolute atomic E-state index is 0.342. The zero-order valence-corrected chi connectivity index (χ0v) is 8.53. The van der Waals surface area contributed by atoms with E-state index in [1.165, 1.54) is 0 Å². The monoisotopic (exact) mass is 197 g/mol. The highest BCUT2D eigenvalue weighted by atomic mass is 19.1. The van der Waals surface area contributed by atoms with Crippen LogP contribution in [0.2, 0.25) is 0 Å². The van der Waals surface area contributed by atoms with E-state index in [0.29, 0.717) is 6.42 Å². The minimum Gasteiger partial charge on any atom is -0.497 e. The van der Waals surface area contributed by atoms with Gasteiger partial charge in [0.1, 0.15) is 11.9 Å². The molecule has 0 aliphatic heterocycles. The van der Waals surface area contributed by atoms with Crippen LogP contribution < -0.4 is 10.5 Å². The average Bonchev–Trinajstić information content (AvgIpc) is 2.18. The van der Waals surface area contributed by atoms with Gasteiger partial charge in [0.15, 0.2) is 0 Å². The fourth-order valence-corrected chi connectivity index (χ4v) is 1.21. The third-order valence-electron chi connectivity index (χ3n) is 2.14. The summed E-state index contributed by atoms with van der Waals surface area (Å²) in [7, 11) is 1.59. The maximum Gasteiger partial charge on any atom is 0.119 e. The number of hydrogen-bond acceptors (Lipinski definition) is 2. The lowest BCUT2D eigenvalue weighted by Crippen LogP contribution is -2.29. The third-order valence-corrected chi connectivity index (χ3v) is 2.14. The highest BCUT2D eigenvalue weighted by Gasteiger charge is 2.12. The number of hydrogen-bond donors (Lipinski definition) is 1. The summed E-state index contributed by atoms with van der Waals surface area (Å²) in [5.74, 6) is 0.749. The van der Waals surface area contributed by atoms with Gasteiger partial charge in [-0.25, -0.2) is 4.39 Å². The van der Waals surface area contributed by atoms with E-state index in [0.717, 1.165) is 11.3 Å². The first-order chi connectivity index (χ1) is 6.63. The SMILES string of the molecule is COc1cccc(CC(F)C(C)N)c1. The van der Waals surface area contributed by atoms with Crippen molar-refractivity contribution >= 4 is 0 Å². The Hall–Kier alpha value is -1.09. The second-order valence-electron chi connectivity index (χ2n) is 3.43. The van der Waals surface area contributed by atoms with Crippen molar-refractivity contribution in [2.45, 2.75) is 25.6 Å². The fourth-order valence-electron chi connectivity index (χ4n) is 1.21. The molecule has 0 saturated carbocycles. The van der Waals surface area contributed by atoms with Gasteiger partial charge in [-0.15, -0.1) is 0 Å². The second kappa shape index (κ2) is 4.96. The van der Waals surface area contributed by atoms with E-state index in [1.54, 1.807) is 14.0 Å². The topological polar surface area (TPSA) is 35.2 Å². The van der Waals surface area contributed by atoms with Crippen molar-refractivity contribution in [3.63, 3.8) is 0 Å². The standard InChI is InChI=1S/C11H16FNO/c1-8(13)11(12)7-9-4-3-5-10(6-9)14-2/h3-6,8,11H,7,13H2,1-2H3. The van der Waals surface area contributed by atoms with Crippen LogP contribution in [0.15, 0.2) is 24.3 Å². The predicted molar refractivity (Wildman–Crippen MR) is 55.2 cm³/mol. The van der Waals surface area contributed by atoms with E-state index < -0.39 is 12.2 Å². The van der Waals surface area contributed by atoms with Gasteiger partial charge in [0.05, 0.1) is 7.11 Å². The molecule has 3 heteroatoms. The molecule has 14 heavy (non-hydrogen) atoms. The van der Waals surface area contributed by atoms with Crippen LogP contribution in [0.3, 0.4) is 0 Å². The van der Waals surface area contributed by atoms with Crippen molar-refractivity contribution in [3.05, 3.63) is 29.8 Å². The lowest BCUT2D eigenvalue weighted by molar-refractivity contribution is 0.290. The number of benzene rings is 1. The molecule has 0 aliphatic carbocycles. The molecule has 0 saturated heterocycles. The van der Waals surface area contributed by atoms with Crippen LogP contribution in [-0.4, -0.2) is 19.3 Å². The molecule has 2 atom stereocenters. The van der Waals surface area contributed by atoms with Gasteiger partial charge < -0.3 is 10.5 Å².